The molecular weight excluding hydrogens is 162 g/mol. The predicted octanol–water partition coefficient (Wildman–Crippen LogP) is -2.58. The van der Waals surface area contributed by atoms with Crippen LogP contribution in [0.3, 0.4) is 0 Å². The molecule has 1 saturated heterocycles. The van der Waals surface area contributed by atoms with E-state index in [1.807, 2.05) is 0 Å². The van der Waals surface area contributed by atoms with Gasteiger partial charge in [-0.25, -0.2) is 0 Å². The molecule has 5 atom stereocenters. The predicted molar refractivity (Wildman–Crippen MR) is 41.5 cm³/mol. The molecule has 0 unspecified atom stereocenters. The third kappa shape index (κ3) is 1.60. The van der Waals surface area contributed by atoms with Crippen molar-refractivity contribution in [3.05, 3.63) is 0 Å². The molecule has 5 nitrogen and oxygen atoms in total. The van der Waals surface area contributed by atoms with Crippen LogP contribution in [0.5, 0.6) is 0 Å². The van der Waals surface area contributed by atoms with E-state index < -0.39 is 24.4 Å². The normalized spacial score (nSPS) is 49.2. The largest absolute Gasteiger partial charge is 0.395 e. The number of aliphatic hydroxyl groups is 4. The molecule has 1 rings (SSSR count). The van der Waals surface area contributed by atoms with Gasteiger partial charge in [-0.05, 0) is 6.92 Å². The van der Waals surface area contributed by atoms with E-state index in [0.29, 0.717) is 0 Å². The van der Waals surface area contributed by atoms with Gasteiger partial charge < -0.3 is 25.7 Å². The number of aliphatic hydroxyl groups excluding tert-OH is 4. The van der Waals surface area contributed by atoms with E-state index in [9.17, 15) is 15.3 Å². The lowest BCUT2D eigenvalue weighted by molar-refractivity contribution is -0.116. The molecular formula is C7H15NO4. The first-order valence-corrected chi connectivity index (χ1v) is 3.99. The summed E-state index contributed by atoms with van der Waals surface area (Å²) >= 11 is 0. The zero-order valence-corrected chi connectivity index (χ0v) is 6.88. The first-order valence-electron chi connectivity index (χ1n) is 3.99. The third-order valence-electron chi connectivity index (χ3n) is 2.30. The van der Waals surface area contributed by atoms with Gasteiger partial charge in [0.1, 0.15) is 6.10 Å². The Morgan fingerprint density at radius 2 is 1.67 bits per heavy atom. The molecule has 0 bridgehead atoms. The molecule has 0 spiro atoms. The van der Waals surface area contributed by atoms with Gasteiger partial charge in [0.05, 0.1) is 24.9 Å². The Morgan fingerprint density at radius 3 is 2.17 bits per heavy atom. The highest BCUT2D eigenvalue weighted by Crippen LogP contribution is 2.14. The molecule has 72 valence electrons. The van der Waals surface area contributed by atoms with Gasteiger partial charge in [-0.2, -0.15) is 0 Å². The van der Waals surface area contributed by atoms with Crippen LogP contribution in [0, 0.1) is 0 Å². The summed E-state index contributed by atoms with van der Waals surface area (Å²) in [5.74, 6) is 0. The van der Waals surface area contributed by atoms with Crippen LogP contribution in [-0.2, 0) is 0 Å². The fourth-order valence-electron chi connectivity index (χ4n) is 1.43. The van der Waals surface area contributed by atoms with Crippen molar-refractivity contribution >= 4 is 0 Å². The lowest BCUT2D eigenvalue weighted by atomic mass is 9.91. The highest BCUT2D eigenvalue weighted by Gasteiger charge is 2.39. The monoisotopic (exact) mass is 177 g/mol. The molecule has 0 aromatic rings. The van der Waals surface area contributed by atoms with Crippen molar-refractivity contribution in [3.63, 3.8) is 0 Å². The number of nitrogens with one attached hydrogen (secondary N) is 1. The van der Waals surface area contributed by atoms with Crippen molar-refractivity contribution < 1.29 is 20.4 Å². The topological polar surface area (TPSA) is 93.0 Å². The fourth-order valence-corrected chi connectivity index (χ4v) is 1.43. The summed E-state index contributed by atoms with van der Waals surface area (Å²) < 4.78 is 0. The molecule has 0 aromatic heterocycles. The zero-order chi connectivity index (χ0) is 9.30. The molecule has 0 radical (unpaired) electrons. The van der Waals surface area contributed by atoms with Crippen molar-refractivity contribution in [2.75, 3.05) is 6.61 Å². The Labute approximate surface area is 70.6 Å². The fraction of sp³-hybridized carbons (Fsp3) is 1.00. The second kappa shape index (κ2) is 3.68. The summed E-state index contributed by atoms with van der Waals surface area (Å²) in [6.07, 6.45) is -3.28. The van der Waals surface area contributed by atoms with E-state index in [-0.39, 0.29) is 12.6 Å². The molecule has 5 N–H and O–H groups in total. The molecule has 0 aromatic carbocycles. The maximum absolute atomic E-state index is 9.29. The SMILES string of the molecule is C[C@H]1N[C@@H](CO)[C@H](O)[C@H](O)[C@@H]1O. The lowest BCUT2D eigenvalue weighted by Gasteiger charge is -2.39. The Hall–Kier alpha value is -0.200. The Bertz CT molecular complexity index is 150. The van der Waals surface area contributed by atoms with E-state index >= 15 is 0 Å². The van der Waals surface area contributed by atoms with Gasteiger partial charge in [0.15, 0.2) is 0 Å². The van der Waals surface area contributed by atoms with Gasteiger partial charge in [0.2, 0.25) is 0 Å². The minimum atomic E-state index is -1.18. The molecule has 1 aliphatic heterocycles. The first kappa shape index (κ1) is 9.88. The van der Waals surface area contributed by atoms with Crippen molar-refractivity contribution in [2.24, 2.45) is 0 Å². The van der Waals surface area contributed by atoms with E-state index in [1.54, 1.807) is 6.92 Å². The van der Waals surface area contributed by atoms with Gasteiger partial charge in [-0.15, -0.1) is 0 Å². The van der Waals surface area contributed by atoms with Crippen LogP contribution < -0.4 is 5.32 Å². The number of hydrogen-bond acceptors (Lipinski definition) is 5. The van der Waals surface area contributed by atoms with Crippen LogP contribution >= 0.6 is 0 Å². The molecule has 1 fully saturated rings. The number of piperidine rings is 1. The average Bonchev–Trinajstić information content (AvgIpc) is 2.08. The van der Waals surface area contributed by atoms with E-state index in [2.05, 4.69) is 5.32 Å². The van der Waals surface area contributed by atoms with Crippen molar-refractivity contribution in [1.82, 2.24) is 5.32 Å². The minimum absolute atomic E-state index is 0.255. The van der Waals surface area contributed by atoms with Gasteiger partial charge in [-0.1, -0.05) is 0 Å². The highest BCUT2D eigenvalue weighted by molar-refractivity contribution is 4.96. The van der Waals surface area contributed by atoms with Gasteiger partial charge in [-0.3, -0.25) is 0 Å². The zero-order valence-electron chi connectivity index (χ0n) is 6.88. The maximum atomic E-state index is 9.29. The van der Waals surface area contributed by atoms with E-state index in [4.69, 9.17) is 5.11 Å². The summed E-state index contributed by atoms with van der Waals surface area (Å²) in [6.45, 7) is 1.43. The van der Waals surface area contributed by atoms with Crippen LogP contribution in [-0.4, -0.2) is 57.4 Å². The van der Waals surface area contributed by atoms with Crippen LogP contribution in [0.15, 0.2) is 0 Å². The second-order valence-electron chi connectivity index (χ2n) is 3.22. The highest BCUT2D eigenvalue weighted by atomic mass is 16.4. The smallest absolute Gasteiger partial charge is 0.109 e. The summed E-state index contributed by atoms with van der Waals surface area (Å²) in [6, 6.07) is -0.876. The third-order valence-corrected chi connectivity index (χ3v) is 2.30. The Morgan fingerprint density at radius 1 is 1.08 bits per heavy atom. The summed E-state index contributed by atoms with van der Waals surface area (Å²) in [5, 5.41) is 39.4. The van der Waals surface area contributed by atoms with Crippen LogP contribution in [0.2, 0.25) is 0 Å². The van der Waals surface area contributed by atoms with Crippen LogP contribution in [0.4, 0.5) is 0 Å². The molecule has 1 heterocycles. The molecule has 12 heavy (non-hydrogen) atoms. The quantitative estimate of drug-likeness (QED) is 0.303. The van der Waals surface area contributed by atoms with Gasteiger partial charge in [0.25, 0.3) is 0 Å². The van der Waals surface area contributed by atoms with Gasteiger partial charge >= 0.3 is 0 Å². The maximum Gasteiger partial charge on any atom is 0.109 e. The standard InChI is InChI=1S/C7H15NO4/c1-3-5(10)7(12)6(11)4(2-9)8-3/h3-12H,2H2,1H3/t3-,4+,5-,6+,7-/m1/s1. The lowest BCUT2D eigenvalue weighted by Crippen LogP contribution is -2.64. The van der Waals surface area contributed by atoms with Crippen LogP contribution in [0.25, 0.3) is 0 Å². The Balaban J connectivity index is 2.63. The van der Waals surface area contributed by atoms with E-state index in [1.165, 1.54) is 0 Å². The Kier molecular flexibility index (Phi) is 3.03. The molecule has 0 aliphatic carbocycles. The van der Waals surface area contributed by atoms with Gasteiger partial charge in [0, 0.05) is 6.04 Å². The summed E-state index contributed by atoms with van der Waals surface area (Å²) in [4.78, 5) is 0. The minimum Gasteiger partial charge on any atom is -0.395 e. The summed E-state index contributed by atoms with van der Waals surface area (Å²) in [5.41, 5.74) is 0. The number of hydrogen-bond donors (Lipinski definition) is 5. The molecule has 0 amide bonds. The average molecular weight is 177 g/mol. The summed E-state index contributed by atoms with van der Waals surface area (Å²) in [7, 11) is 0. The van der Waals surface area contributed by atoms with E-state index in [0.717, 1.165) is 0 Å². The first-order chi connectivity index (χ1) is 5.57. The van der Waals surface area contributed by atoms with Crippen molar-refractivity contribution in [2.45, 2.75) is 37.3 Å². The second-order valence-corrected chi connectivity index (χ2v) is 3.22. The van der Waals surface area contributed by atoms with Crippen molar-refractivity contribution in [1.29, 1.82) is 0 Å². The van der Waals surface area contributed by atoms with Crippen molar-refractivity contribution in [3.8, 4) is 0 Å². The molecule has 5 heteroatoms. The number of rotatable bonds is 1. The molecule has 1 aliphatic rings. The van der Waals surface area contributed by atoms with Crippen LogP contribution in [0.1, 0.15) is 6.92 Å². The molecule has 0 saturated carbocycles.